The lowest BCUT2D eigenvalue weighted by molar-refractivity contribution is 0.316. The molecule has 1 aromatic carbocycles. The molecule has 0 amide bonds. The van der Waals surface area contributed by atoms with Crippen molar-refractivity contribution >= 4 is 10.0 Å². The summed E-state index contributed by atoms with van der Waals surface area (Å²) in [6.07, 6.45) is 6.20. The zero-order chi connectivity index (χ0) is 14.2. The number of benzene rings is 1. The summed E-state index contributed by atoms with van der Waals surface area (Å²) in [5, 5.41) is 0. The van der Waals surface area contributed by atoms with E-state index in [9.17, 15) is 8.42 Å². The Morgan fingerprint density at radius 1 is 1.10 bits per heavy atom. The van der Waals surface area contributed by atoms with Crippen LogP contribution in [0.5, 0.6) is 0 Å². The number of piperidine rings is 1. The smallest absolute Gasteiger partial charge is 0.243 e. The second-order valence-electron chi connectivity index (χ2n) is 5.90. The lowest BCUT2D eigenvalue weighted by Gasteiger charge is -2.30. The van der Waals surface area contributed by atoms with Crippen LogP contribution < -0.4 is 5.73 Å². The van der Waals surface area contributed by atoms with Crippen LogP contribution in [0.3, 0.4) is 0 Å². The SMILES string of the molecule is NC1CCCN(S(=O)(=O)c2ccc3c(c2)CCCC3)C1. The number of hydrogen-bond donors (Lipinski definition) is 1. The number of aryl methyl sites for hydroxylation is 2. The summed E-state index contributed by atoms with van der Waals surface area (Å²) in [7, 11) is -3.38. The number of fused-ring (bicyclic) bond motifs is 1. The number of sulfonamides is 1. The van der Waals surface area contributed by atoms with Crippen LogP contribution in [0, 0.1) is 0 Å². The summed E-state index contributed by atoms with van der Waals surface area (Å²) in [5.41, 5.74) is 8.42. The molecule has 4 nitrogen and oxygen atoms in total. The van der Waals surface area contributed by atoms with E-state index in [1.165, 1.54) is 17.5 Å². The fourth-order valence-corrected chi connectivity index (χ4v) is 4.80. The van der Waals surface area contributed by atoms with Gasteiger partial charge in [0.25, 0.3) is 0 Å². The molecule has 2 aliphatic rings. The van der Waals surface area contributed by atoms with Gasteiger partial charge in [-0.15, -0.1) is 0 Å². The van der Waals surface area contributed by atoms with Crippen molar-refractivity contribution in [2.45, 2.75) is 49.5 Å². The molecule has 1 heterocycles. The van der Waals surface area contributed by atoms with Crippen molar-refractivity contribution in [1.29, 1.82) is 0 Å². The maximum absolute atomic E-state index is 12.7. The molecular formula is C15H22N2O2S. The number of rotatable bonds is 2. The van der Waals surface area contributed by atoms with E-state index in [1.807, 2.05) is 12.1 Å². The van der Waals surface area contributed by atoms with Gasteiger partial charge in [-0.05, 0) is 61.8 Å². The van der Waals surface area contributed by atoms with E-state index in [4.69, 9.17) is 5.73 Å². The van der Waals surface area contributed by atoms with Crippen molar-refractivity contribution in [1.82, 2.24) is 4.31 Å². The van der Waals surface area contributed by atoms with E-state index in [0.717, 1.165) is 32.1 Å². The molecular weight excluding hydrogens is 272 g/mol. The van der Waals surface area contributed by atoms with E-state index < -0.39 is 10.0 Å². The van der Waals surface area contributed by atoms with Crippen LogP contribution in [0.25, 0.3) is 0 Å². The third-order valence-corrected chi connectivity index (χ3v) is 6.24. The lowest BCUT2D eigenvalue weighted by atomic mass is 9.92. The maximum Gasteiger partial charge on any atom is 0.243 e. The predicted molar refractivity (Wildman–Crippen MR) is 79.1 cm³/mol. The van der Waals surface area contributed by atoms with E-state index in [1.54, 1.807) is 10.4 Å². The van der Waals surface area contributed by atoms with Crippen LogP contribution in [-0.2, 0) is 22.9 Å². The Balaban J connectivity index is 1.90. The highest BCUT2D eigenvalue weighted by molar-refractivity contribution is 7.89. The zero-order valence-corrected chi connectivity index (χ0v) is 12.5. The van der Waals surface area contributed by atoms with E-state index >= 15 is 0 Å². The van der Waals surface area contributed by atoms with Gasteiger partial charge in [0.2, 0.25) is 10.0 Å². The summed E-state index contributed by atoms with van der Waals surface area (Å²) in [5.74, 6) is 0. The Morgan fingerprint density at radius 3 is 2.60 bits per heavy atom. The first-order valence-electron chi connectivity index (χ1n) is 7.45. The van der Waals surface area contributed by atoms with Crippen LogP contribution >= 0.6 is 0 Å². The molecule has 1 aliphatic carbocycles. The standard InChI is InChI=1S/C15H22N2O2S/c16-14-6-3-9-17(11-14)20(18,19)15-8-7-12-4-1-2-5-13(12)10-15/h7-8,10,14H,1-6,9,11,16H2. The van der Waals surface area contributed by atoms with Crippen molar-refractivity contribution in [3.05, 3.63) is 29.3 Å². The molecule has 1 atom stereocenters. The van der Waals surface area contributed by atoms with Gasteiger partial charge in [0, 0.05) is 19.1 Å². The third-order valence-electron chi connectivity index (χ3n) is 4.38. The van der Waals surface area contributed by atoms with Crippen molar-refractivity contribution in [2.75, 3.05) is 13.1 Å². The predicted octanol–water partition coefficient (Wildman–Crippen LogP) is 1.68. The quantitative estimate of drug-likeness (QED) is 0.902. The van der Waals surface area contributed by atoms with Crippen LogP contribution in [0.15, 0.2) is 23.1 Å². The minimum Gasteiger partial charge on any atom is -0.327 e. The molecule has 1 unspecified atom stereocenters. The topological polar surface area (TPSA) is 63.4 Å². The van der Waals surface area contributed by atoms with Crippen molar-refractivity contribution in [3.63, 3.8) is 0 Å². The first-order valence-corrected chi connectivity index (χ1v) is 8.89. The first kappa shape index (κ1) is 14.0. The number of nitrogens with zero attached hydrogens (tertiary/aromatic N) is 1. The second-order valence-corrected chi connectivity index (χ2v) is 7.84. The highest BCUT2D eigenvalue weighted by Crippen LogP contribution is 2.26. The third kappa shape index (κ3) is 2.62. The first-order chi connectivity index (χ1) is 9.57. The molecule has 110 valence electrons. The van der Waals surface area contributed by atoms with Crippen LogP contribution in [-0.4, -0.2) is 31.9 Å². The Morgan fingerprint density at radius 2 is 1.85 bits per heavy atom. The highest BCUT2D eigenvalue weighted by atomic mass is 32.2. The van der Waals surface area contributed by atoms with E-state index in [2.05, 4.69) is 0 Å². The molecule has 0 spiro atoms. The highest BCUT2D eigenvalue weighted by Gasteiger charge is 2.29. The van der Waals surface area contributed by atoms with Crippen LogP contribution in [0.4, 0.5) is 0 Å². The lowest BCUT2D eigenvalue weighted by Crippen LogP contribution is -2.45. The minimum atomic E-state index is -3.38. The molecule has 3 rings (SSSR count). The minimum absolute atomic E-state index is 0.0313. The molecule has 2 N–H and O–H groups in total. The summed E-state index contributed by atoms with van der Waals surface area (Å²) >= 11 is 0. The maximum atomic E-state index is 12.7. The molecule has 0 radical (unpaired) electrons. The summed E-state index contributed by atoms with van der Waals surface area (Å²) in [6.45, 7) is 1.03. The molecule has 0 saturated carbocycles. The largest absolute Gasteiger partial charge is 0.327 e. The molecule has 0 aromatic heterocycles. The number of nitrogens with two attached hydrogens (primary N) is 1. The van der Waals surface area contributed by atoms with E-state index in [0.29, 0.717) is 18.0 Å². The Bertz CT molecular complexity index is 598. The Kier molecular flexibility index (Phi) is 3.84. The second kappa shape index (κ2) is 5.47. The number of hydrogen-bond acceptors (Lipinski definition) is 3. The molecule has 1 saturated heterocycles. The van der Waals surface area contributed by atoms with Crippen molar-refractivity contribution < 1.29 is 8.42 Å². The van der Waals surface area contributed by atoms with Crippen molar-refractivity contribution in [3.8, 4) is 0 Å². The van der Waals surface area contributed by atoms with Crippen molar-refractivity contribution in [2.24, 2.45) is 5.73 Å². The van der Waals surface area contributed by atoms with Gasteiger partial charge in [-0.2, -0.15) is 4.31 Å². The van der Waals surface area contributed by atoms with Gasteiger partial charge in [0.15, 0.2) is 0 Å². The summed E-state index contributed by atoms with van der Waals surface area (Å²) in [6, 6.07) is 5.60. The molecule has 1 fully saturated rings. The van der Waals surface area contributed by atoms with Gasteiger partial charge in [-0.1, -0.05) is 6.07 Å². The van der Waals surface area contributed by atoms with Crippen LogP contribution in [0.1, 0.15) is 36.8 Å². The molecule has 5 heteroatoms. The van der Waals surface area contributed by atoms with Gasteiger partial charge >= 0.3 is 0 Å². The monoisotopic (exact) mass is 294 g/mol. The average Bonchev–Trinajstić information content (AvgIpc) is 2.46. The summed E-state index contributed by atoms with van der Waals surface area (Å²) < 4.78 is 26.9. The Labute approximate surface area is 121 Å². The average molecular weight is 294 g/mol. The molecule has 1 aliphatic heterocycles. The molecule has 20 heavy (non-hydrogen) atoms. The van der Waals surface area contributed by atoms with Crippen LogP contribution in [0.2, 0.25) is 0 Å². The van der Waals surface area contributed by atoms with Gasteiger partial charge in [-0.3, -0.25) is 0 Å². The van der Waals surface area contributed by atoms with Gasteiger partial charge in [0.05, 0.1) is 4.90 Å². The van der Waals surface area contributed by atoms with E-state index in [-0.39, 0.29) is 6.04 Å². The molecule has 0 bridgehead atoms. The van der Waals surface area contributed by atoms with Gasteiger partial charge in [-0.25, -0.2) is 8.42 Å². The Hall–Kier alpha value is -0.910. The van der Waals surface area contributed by atoms with Gasteiger partial charge < -0.3 is 5.73 Å². The molecule has 1 aromatic rings. The fourth-order valence-electron chi connectivity index (χ4n) is 3.21. The fraction of sp³-hybridized carbons (Fsp3) is 0.600. The zero-order valence-electron chi connectivity index (χ0n) is 11.7. The summed E-state index contributed by atoms with van der Waals surface area (Å²) in [4.78, 5) is 0.437. The van der Waals surface area contributed by atoms with Gasteiger partial charge in [0.1, 0.15) is 0 Å². The normalized spacial score (nSPS) is 24.4.